The van der Waals surface area contributed by atoms with E-state index in [4.69, 9.17) is 11.6 Å². The minimum Gasteiger partial charge on any atom is -0.277 e. The van der Waals surface area contributed by atoms with Gasteiger partial charge in [0.1, 0.15) is 0 Å². The standard InChI is InChI=1S/C5H10ClNO2/c1-4(3-6)5(8)7-9-2/h4H,3H2,1-2H3,(H,7,8)/t4-/m0/s1. The number of halogens is 1. The fourth-order valence-electron chi connectivity index (χ4n) is 0.271. The van der Waals surface area contributed by atoms with Crippen molar-refractivity contribution >= 4 is 17.5 Å². The lowest BCUT2D eigenvalue weighted by atomic mass is 10.2. The summed E-state index contributed by atoms with van der Waals surface area (Å²) in [4.78, 5) is 15.0. The van der Waals surface area contributed by atoms with Crippen LogP contribution >= 0.6 is 11.6 Å². The summed E-state index contributed by atoms with van der Waals surface area (Å²) in [5, 5.41) is 0. The van der Waals surface area contributed by atoms with Crippen molar-refractivity contribution in [2.24, 2.45) is 5.92 Å². The van der Waals surface area contributed by atoms with E-state index in [0.29, 0.717) is 5.88 Å². The Morgan fingerprint density at radius 3 is 2.78 bits per heavy atom. The molecule has 0 aliphatic carbocycles. The Labute approximate surface area is 59.3 Å². The van der Waals surface area contributed by atoms with Gasteiger partial charge in [0.15, 0.2) is 0 Å². The van der Waals surface area contributed by atoms with E-state index >= 15 is 0 Å². The topological polar surface area (TPSA) is 38.3 Å². The quantitative estimate of drug-likeness (QED) is 0.472. The summed E-state index contributed by atoms with van der Waals surface area (Å²) in [5.41, 5.74) is 2.17. The van der Waals surface area contributed by atoms with Crippen LogP contribution in [-0.4, -0.2) is 18.9 Å². The van der Waals surface area contributed by atoms with E-state index in [9.17, 15) is 4.79 Å². The van der Waals surface area contributed by atoms with E-state index in [0.717, 1.165) is 0 Å². The number of hydrogen-bond acceptors (Lipinski definition) is 2. The first kappa shape index (κ1) is 8.72. The molecule has 0 saturated carbocycles. The number of carbonyl (C=O) groups is 1. The van der Waals surface area contributed by atoms with Crippen LogP contribution in [0.5, 0.6) is 0 Å². The average Bonchev–Trinajstić information content (AvgIpc) is 1.87. The first-order chi connectivity index (χ1) is 4.22. The fraction of sp³-hybridized carbons (Fsp3) is 0.800. The maximum Gasteiger partial charge on any atom is 0.247 e. The van der Waals surface area contributed by atoms with Gasteiger partial charge in [-0.15, -0.1) is 11.6 Å². The van der Waals surface area contributed by atoms with E-state index in [-0.39, 0.29) is 11.8 Å². The Hall–Kier alpha value is -0.280. The van der Waals surface area contributed by atoms with Crippen molar-refractivity contribution < 1.29 is 9.63 Å². The molecule has 4 heteroatoms. The van der Waals surface area contributed by atoms with E-state index in [1.54, 1.807) is 6.92 Å². The van der Waals surface area contributed by atoms with Gasteiger partial charge in [0, 0.05) is 5.88 Å². The molecule has 0 aromatic carbocycles. The van der Waals surface area contributed by atoms with Crippen molar-refractivity contribution in [1.29, 1.82) is 0 Å². The highest BCUT2D eigenvalue weighted by Gasteiger charge is 2.09. The highest BCUT2D eigenvalue weighted by Crippen LogP contribution is 1.96. The summed E-state index contributed by atoms with van der Waals surface area (Å²) >= 11 is 5.37. The highest BCUT2D eigenvalue weighted by molar-refractivity contribution is 6.19. The average molecular weight is 152 g/mol. The molecule has 0 aliphatic rings. The van der Waals surface area contributed by atoms with Crippen LogP contribution in [-0.2, 0) is 9.63 Å². The molecule has 54 valence electrons. The van der Waals surface area contributed by atoms with Crippen molar-refractivity contribution in [2.75, 3.05) is 13.0 Å². The Morgan fingerprint density at radius 1 is 1.89 bits per heavy atom. The molecule has 0 heterocycles. The molecule has 0 bridgehead atoms. The van der Waals surface area contributed by atoms with E-state index < -0.39 is 0 Å². The molecule has 1 N–H and O–H groups in total. The predicted octanol–water partition coefficient (Wildman–Crippen LogP) is 0.539. The lowest BCUT2D eigenvalue weighted by molar-refractivity contribution is -0.134. The second-order valence-electron chi connectivity index (χ2n) is 1.73. The van der Waals surface area contributed by atoms with Gasteiger partial charge < -0.3 is 0 Å². The maximum atomic E-state index is 10.7. The summed E-state index contributed by atoms with van der Waals surface area (Å²) in [5.74, 6) is -0.0611. The van der Waals surface area contributed by atoms with Crippen LogP contribution in [0.3, 0.4) is 0 Å². The summed E-state index contributed by atoms with van der Waals surface area (Å²) in [6.45, 7) is 1.72. The molecule has 0 radical (unpaired) electrons. The van der Waals surface area contributed by atoms with Gasteiger partial charge in [-0.05, 0) is 0 Å². The number of hydrogen-bond donors (Lipinski definition) is 1. The van der Waals surface area contributed by atoms with E-state index in [1.807, 2.05) is 0 Å². The lowest BCUT2D eigenvalue weighted by Crippen LogP contribution is -2.28. The van der Waals surface area contributed by atoms with Crippen LogP contribution in [0.2, 0.25) is 0 Å². The molecule has 0 aromatic heterocycles. The number of alkyl halides is 1. The van der Waals surface area contributed by atoms with Gasteiger partial charge in [0.05, 0.1) is 13.0 Å². The van der Waals surface area contributed by atoms with Crippen molar-refractivity contribution in [1.82, 2.24) is 5.48 Å². The number of hydroxylamine groups is 1. The molecular weight excluding hydrogens is 142 g/mol. The predicted molar refractivity (Wildman–Crippen MR) is 35.0 cm³/mol. The van der Waals surface area contributed by atoms with Gasteiger partial charge in [-0.2, -0.15) is 0 Å². The molecule has 0 unspecified atom stereocenters. The van der Waals surface area contributed by atoms with Gasteiger partial charge in [0.2, 0.25) is 5.91 Å². The molecule has 3 nitrogen and oxygen atoms in total. The minimum absolute atomic E-state index is 0.187. The molecule has 1 atom stereocenters. The first-order valence-corrected chi connectivity index (χ1v) is 3.14. The molecule has 1 amide bonds. The number of rotatable bonds is 3. The molecule has 0 fully saturated rings. The van der Waals surface area contributed by atoms with Crippen LogP contribution in [0.4, 0.5) is 0 Å². The molecular formula is C5H10ClNO2. The fourth-order valence-corrected chi connectivity index (χ4v) is 0.411. The lowest BCUT2D eigenvalue weighted by Gasteiger charge is -2.04. The van der Waals surface area contributed by atoms with Crippen LogP contribution in [0, 0.1) is 5.92 Å². The molecule has 0 spiro atoms. The number of carbonyl (C=O) groups excluding carboxylic acids is 1. The molecule has 0 aromatic rings. The first-order valence-electron chi connectivity index (χ1n) is 2.61. The summed E-state index contributed by atoms with van der Waals surface area (Å²) in [7, 11) is 1.39. The van der Waals surface area contributed by atoms with Crippen molar-refractivity contribution in [3.8, 4) is 0 Å². The third-order valence-electron chi connectivity index (χ3n) is 0.882. The van der Waals surface area contributed by atoms with Crippen LogP contribution < -0.4 is 5.48 Å². The minimum atomic E-state index is -0.188. The SMILES string of the molecule is CONC(=O)[C@@H](C)CCl. The van der Waals surface area contributed by atoms with Crippen LogP contribution in [0.25, 0.3) is 0 Å². The molecule has 0 saturated heterocycles. The number of nitrogens with one attached hydrogen (secondary N) is 1. The van der Waals surface area contributed by atoms with E-state index in [2.05, 4.69) is 10.3 Å². The third-order valence-corrected chi connectivity index (χ3v) is 1.34. The Bertz CT molecular complexity index is 97.0. The molecule has 0 rings (SSSR count). The van der Waals surface area contributed by atoms with E-state index in [1.165, 1.54) is 7.11 Å². The normalized spacial score (nSPS) is 12.8. The smallest absolute Gasteiger partial charge is 0.247 e. The zero-order valence-corrected chi connectivity index (χ0v) is 6.23. The van der Waals surface area contributed by atoms with Gasteiger partial charge in [0.25, 0.3) is 0 Å². The van der Waals surface area contributed by atoms with Gasteiger partial charge >= 0.3 is 0 Å². The summed E-state index contributed by atoms with van der Waals surface area (Å²) in [6.07, 6.45) is 0. The molecule has 9 heavy (non-hydrogen) atoms. The zero-order chi connectivity index (χ0) is 7.28. The number of amides is 1. The Kier molecular flexibility index (Phi) is 4.44. The van der Waals surface area contributed by atoms with Gasteiger partial charge in [-0.25, -0.2) is 5.48 Å². The second kappa shape index (κ2) is 4.58. The second-order valence-corrected chi connectivity index (χ2v) is 2.03. The zero-order valence-electron chi connectivity index (χ0n) is 5.48. The van der Waals surface area contributed by atoms with Gasteiger partial charge in [-0.3, -0.25) is 9.63 Å². The Balaban J connectivity index is 3.46. The van der Waals surface area contributed by atoms with Crippen molar-refractivity contribution in [2.45, 2.75) is 6.92 Å². The Morgan fingerprint density at radius 2 is 2.44 bits per heavy atom. The van der Waals surface area contributed by atoms with Crippen molar-refractivity contribution in [3.63, 3.8) is 0 Å². The largest absolute Gasteiger partial charge is 0.277 e. The highest BCUT2D eigenvalue weighted by atomic mass is 35.5. The van der Waals surface area contributed by atoms with Crippen LogP contribution in [0.15, 0.2) is 0 Å². The monoisotopic (exact) mass is 151 g/mol. The summed E-state index contributed by atoms with van der Waals surface area (Å²) in [6, 6.07) is 0. The van der Waals surface area contributed by atoms with Crippen LogP contribution in [0.1, 0.15) is 6.92 Å². The summed E-state index contributed by atoms with van der Waals surface area (Å²) < 4.78 is 0. The third kappa shape index (κ3) is 3.32. The molecule has 0 aliphatic heterocycles. The maximum absolute atomic E-state index is 10.7. The van der Waals surface area contributed by atoms with Crippen molar-refractivity contribution in [3.05, 3.63) is 0 Å². The van der Waals surface area contributed by atoms with Gasteiger partial charge in [-0.1, -0.05) is 6.92 Å².